The summed E-state index contributed by atoms with van der Waals surface area (Å²) in [6.07, 6.45) is 0.898. The largest absolute Gasteiger partial charge is 0.378 e. The molecule has 2 aliphatic rings. The van der Waals surface area contributed by atoms with Gasteiger partial charge in [-0.15, -0.1) is 0 Å². The van der Waals surface area contributed by atoms with E-state index in [0.29, 0.717) is 0 Å². The molecular weight excluding hydrogens is 540 g/mol. The minimum absolute atomic E-state index is 0.198. The van der Waals surface area contributed by atoms with Gasteiger partial charge in [0.05, 0.1) is 29.8 Å². The fourth-order valence-corrected chi connectivity index (χ4v) is 6.56. The summed E-state index contributed by atoms with van der Waals surface area (Å²) >= 11 is 2.27. The van der Waals surface area contributed by atoms with Crippen LogP contribution in [0.4, 0.5) is 16.0 Å². The van der Waals surface area contributed by atoms with Gasteiger partial charge in [0.25, 0.3) is 0 Å². The number of aromatic nitrogens is 3. The van der Waals surface area contributed by atoms with Gasteiger partial charge < -0.3 is 14.5 Å². The van der Waals surface area contributed by atoms with Crippen molar-refractivity contribution < 1.29 is 9.13 Å². The van der Waals surface area contributed by atoms with E-state index in [0.717, 1.165) is 79.4 Å². The van der Waals surface area contributed by atoms with Crippen LogP contribution in [0, 0.1) is 5.82 Å². The summed E-state index contributed by atoms with van der Waals surface area (Å²) in [5, 5.41) is 1.12. The number of ether oxygens (including phenoxy) is 1. The predicted molar refractivity (Wildman–Crippen MR) is 136 cm³/mol. The molecule has 1 saturated heterocycles. The molecule has 1 fully saturated rings. The second-order valence-electron chi connectivity index (χ2n) is 8.10. The minimum Gasteiger partial charge on any atom is -0.378 e. The van der Waals surface area contributed by atoms with Crippen LogP contribution in [0.2, 0.25) is 0 Å². The second-order valence-corrected chi connectivity index (χ2v) is 9.78. The Kier molecular flexibility index (Phi) is 5.34. The Morgan fingerprint density at radius 1 is 0.906 bits per heavy atom. The molecule has 0 unspecified atom stereocenters. The Bertz CT molecular complexity index is 1320. The molecule has 1 aromatic carbocycles. The van der Waals surface area contributed by atoms with Crippen LogP contribution in [0.25, 0.3) is 21.9 Å². The SMILES string of the molecule is Fc1ccc2c3c(n(SI)c2c1)CCN(c1ccc2nc(N4CCOCC4)ccc2n1)C3. The molecule has 9 heteroatoms. The lowest BCUT2D eigenvalue weighted by atomic mass is 10.0. The van der Waals surface area contributed by atoms with E-state index in [1.54, 1.807) is 21.3 Å². The van der Waals surface area contributed by atoms with E-state index >= 15 is 0 Å². The van der Waals surface area contributed by atoms with Gasteiger partial charge in [0.15, 0.2) is 0 Å². The van der Waals surface area contributed by atoms with Crippen molar-refractivity contribution in [1.82, 2.24) is 13.9 Å². The van der Waals surface area contributed by atoms with Crippen LogP contribution in [0.3, 0.4) is 0 Å². The third kappa shape index (κ3) is 3.50. The molecule has 5 heterocycles. The maximum absolute atomic E-state index is 13.9. The Labute approximate surface area is 201 Å². The molecule has 0 N–H and O–H groups in total. The van der Waals surface area contributed by atoms with E-state index in [1.165, 1.54) is 11.3 Å². The third-order valence-corrected chi connectivity index (χ3v) is 8.04. The van der Waals surface area contributed by atoms with Gasteiger partial charge >= 0.3 is 0 Å². The first kappa shape index (κ1) is 20.5. The van der Waals surface area contributed by atoms with Gasteiger partial charge in [-0.2, -0.15) is 0 Å². The molecule has 32 heavy (non-hydrogen) atoms. The number of hydrogen-bond donors (Lipinski definition) is 0. The highest BCUT2D eigenvalue weighted by Gasteiger charge is 2.25. The van der Waals surface area contributed by atoms with E-state index < -0.39 is 0 Å². The zero-order valence-corrected chi connectivity index (χ0v) is 20.3. The summed E-state index contributed by atoms with van der Waals surface area (Å²) in [6.45, 7) is 4.86. The summed E-state index contributed by atoms with van der Waals surface area (Å²) in [7, 11) is 1.61. The van der Waals surface area contributed by atoms with Crippen molar-refractivity contribution >= 4 is 63.9 Å². The summed E-state index contributed by atoms with van der Waals surface area (Å²) < 4.78 is 21.5. The quantitative estimate of drug-likeness (QED) is 0.330. The molecule has 3 aromatic heterocycles. The molecule has 0 atom stereocenters. The van der Waals surface area contributed by atoms with Gasteiger partial charge in [-0.25, -0.2) is 14.4 Å². The molecule has 6 nitrogen and oxygen atoms in total. The number of halogens is 2. The molecule has 2 aliphatic heterocycles. The molecule has 0 amide bonds. The van der Waals surface area contributed by atoms with Crippen LogP contribution in [-0.2, 0) is 17.7 Å². The van der Waals surface area contributed by atoms with Crippen LogP contribution in [0.1, 0.15) is 11.3 Å². The number of pyridine rings is 2. The van der Waals surface area contributed by atoms with Crippen LogP contribution in [-0.4, -0.2) is 46.8 Å². The van der Waals surface area contributed by atoms with E-state index in [2.05, 4.69) is 59.2 Å². The lowest BCUT2D eigenvalue weighted by Gasteiger charge is -2.29. The molecule has 6 rings (SSSR count). The van der Waals surface area contributed by atoms with Gasteiger partial charge in [0, 0.05) is 79.6 Å². The first-order valence-electron chi connectivity index (χ1n) is 10.7. The molecule has 0 spiro atoms. The number of rotatable bonds is 3. The summed E-state index contributed by atoms with van der Waals surface area (Å²) in [5.41, 5.74) is 5.29. The van der Waals surface area contributed by atoms with Crippen molar-refractivity contribution in [1.29, 1.82) is 0 Å². The van der Waals surface area contributed by atoms with Crippen LogP contribution in [0.5, 0.6) is 0 Å². The van der Waals surface area contributed by atoms with Crippen LogP contribution in [0.15, 0.2) is 42.5 Å². The third-order valence-electron chi connectivity index (χ3n) is 6.31. The summed E-state index contributed by atoms with van der Waals surface area (Å²) in [6, 6.07) is 13.3. The maximum atomic E-state index is 13.9. The van der Waals surface area contributed by atoms with Crippen molar-refractivity contribution in [3.8, 4) is 0 Å². The van der Waals surface area contributed by atoms with Crippen LogP contribution >= 0.6 is 30.3 Å². The second kappa shape index (κ2) is 8.35. The average Bonchev–Trinajstić information content (AvgIpc) is 3.15. The molecule has 0 aliphatic carbocycles. The number of benzene rings is 1. The maximum Gasteiger partial charge on any atom is 0.129 e. The lowest BCUT2D eigenvalue weighted by molar-refractivity contribution is 0.122. The van der Waals surface area contributed by atoms with Crippen molar-refractivity contribution in [3.05, 3.63) is 59.5 Å². The zero-order valence-electron chi connectivity index (χ0n) is 17.3. The molecule has 0 saturated carbocycles. The fraction of sp³-hybridized carbons (Fsp3) is 0.304. The minimum atomic E-state index is -0.198. The van der Waals surface area contributed by atoms with E-state index in [-0.39, 0.29) is 5.82 Å². The Hall–Kier alpha value is -2.11. The van der Waals surface area contributed by atoms with E-state index in [1.807, 2.05) is 6.07 Å². The van der Waals surface area contributed by atoms with Crippen molar-refractivity contribution in [2.45, 2.75) is 13.0 Å². The molecule has 4 aromatic rings. The van der Waals surface area contributed by atoms with Gasteiger partial charge in [-0.1, -0.05) is 0 Å². The number of hydrogen-bond acceptors (Lipinski definition) is 6. The first-order chi connectivity index (χ1) is 15.7. The van der Waals surface area contributed by atoms with Crippen molar-refractivity contribution in [2.24, 2.45) is 0 Å². The topological polar surface area (TPSA) is 46.4 Å². The highest BCUT2D eigenvalue weighted by atomic mass is 127. The van der Waals surface area contributed by atoms with Gasteiger partial charge in [-0.3, -0.25) is 3.97 Å². The van der Waals surface area contributed by atoms with Crippen molar-refractivity contribution in [2.75, 3.05) is 42.6 Å². The van der Waals surface area contributed by atoms with E-state index in [9.17, 15) is 4.39 Å². The predicted octanol–water partition coefficient (Wildman–Crippen LogP) is 4.97. The Balaban J connectivity index is 1.32. The number of anilines is 2. The summed E-state index contributed by atoms with van der Waals surface area (Å²) in [5.74, 6) is 1.74. The number of morpholine rings is 1. The molecule has 164 valence electrons. The highest BCUT2D eigenvalue weighted by molar-refractivity contribution is 14.2. The fourth-order valence-electron chi connectivity index (χ4n) is 4.70. The number of nitrogens with zero attached hydrogens (tertiary/aromatic N) is 5. The molecular formula is C23H21FIN5OS. The van der Waals surface area contributed by atoms with Gasteiger partial charge in [0.2, 0.25) is 0 Å². The van der Waals surface area contributed by atoms with Crippen LogP contribution < -0.4 is 9.80 Å². The first-order valence-corrected chi connectivity index (χ1v) is 14.0. The van der Waals surface area contributed by atoms with Gasteiger partial charge in [0.1, 0.15) is 17.5 Å². The van der Waals surface area contributed by atoms with Gasteiger partial charge in [-0.05, 0) is 42.5 Å². The Morgan fingerprint density at radius 2 is 1.62 bits per heavy atom. The van der Waals surface area contributed by atoms with E-state index in [4.69, 9.17) is 14.7 Å². The molecule has 0 bridgehead atoms. The molecule has 0 radical (unpaired) electrons. The number of fused-ring (bicyclic) bond motifs is 4. The van der Waals surface area contributed by atoms with Crippen molar-refractivity contribution in [3.63, 3.8) is 0 Å². The normalized spacial score (nSPS) is 16.7. The average molecular weight is 561 g/mol. The highest BCUT2D eigenvalue weighted by Crippen LogP contribution is 2.37. The summed E-state index contributed by atoms with van der Waals surface area (Å²) in [4.78, 5) is 14.3. The zero-order chi connectivity index (χ0) is 21.7. The smallest absolute Gasteiger partial charge is 0.129 e. The Morgan fingerprint density at radius 3 is 2.34 bits per heavy atom. The standard InChI is InChI=1S/C23H21FIN5OS/c24-15-1-2-16-17-14-29(8-7-20(17)30(32-25)21(16)13-15)23-6-4-18-19(27-23)3-5-22(26-18)28-9-11-31-12-10-28/h1-6,13H,7-12,14H2. The monoisotopic (exact) mass is 561 g/mol. The lowest BCUT2D eigenvalue weighted by Crippen LogP contribution is -2.36.